The second-order valence-electron chi connectivity index (χ2n) is 3.88. The van der Waals surface area contributed by atoms with E-state index in [2.05, 4.69) is 37.0 Å². The number of hydrogen-bond donors (Lipinski definition) is 1. The van der Waals surface area contributed by atoms with Crippen LogP contribution in [0.2, 0.25) is 0 Å². The van der Waals surface area contributed by atoms with Crippen molar-refractivity contribution in [1.29, 1.82) is 0 Å². The fourth-order valence-corrected chi connectivity index (χ4v) is 2.22. The molecule has 0 heterocycles. The average molecular weight is 384 g/mol. The molecule has 0 aliphatic carbocycles. The molecule has 0 spiro atoms. The SMILES string of the molecule is NN=Cc1cc(Br)ccc1OCc1ccc(Br)cc1. The van der Waals surface area contributed by atoms with Gasteiger partial charge in [0.25, 0.3) is 0 Å². The third-order valence-corrected chi connectivity index (χ3v) is 3.51. The first-order valence-corrected chi connectivity index (χ1v) is 7.17. The number of nitrogens with two attached hydrogens (primary N) is 1. The maximum atomic E-state index is 5.79. The molecule has 2 aromatic carbocycles. The van der Waals surface area contributed by atoms with Gasteiger partial charge < -0.3 is 10.6 Å². The zero-order valence-corrected chi connectivity index (χ0v) is 13.2. The molecule has 0 saturated heterocycles. The first-order valence-electron chi connectivity index (χ1n) is 5.59. The third-order valence-electron chi connectivity index (χ3n) is 2.49. The van der Waals surface area contributed by atoms with Gasteiger partial charge in [-0.25, -0.2) is 0 Å². The van der Waals surface area contributed by atoms with Gasteiger partial charge in [0.05, 0.1) is 6.21 Å². The Balaban J connectivity index is 2.12. The molecule has 0 bridgehead atoms. The molecule has 2 rings (SSSR count). The van der Waals surface area contributed by atoms with E-state index in [1.54, 1.807) is 6.21 Å². The lowest BCUT2D eigenvalue weighted by molar-refractivity contribution is 0.305. The predicted molar refractivity (Wildman–Crippen MR) is 84.4 cm³/mol. The minimum atomic E-state index is 0.500. The number of benzene rings is 2. The van der Waals surface area contributed by atoms with Crippen molar-refractivity contribution in [3.63, 3.8) is 0 Å². The molecule has 0 atom stereocenters. The van der Waals surface area contributed by atoms with Gasteiger partial charge in [-0.05, 0) is 35.9 Å². The third kappa shape index (κ3) is 4.08. The van der Waals surface area contributed by atoms with Gasteiger partial charge in [-0.1, -0.05) is 44.0 Å². The lowest BCUT2D eigenvalue weighted by atomic mass is 10.2. The van der Waals surface area contributed by atoms with Crippen molar-refractivity contribution in [2.45, 2.75) is 6.61 Å². The molecule has 2 N–H and O–H groups in total. The fraction of sp³-hybridized carbons (Fsp3) is 0.0714. The molecular formula is C14H12Br2N2O. The lowest BCUT2D eigenvalue weighted by Gasteiger charge is -2.09. The van der Waals surface area contributed by atoms with Crippen LogP contribution in [0, 0.1) is 0 Å². The largest absolute Gasteiger partial charge is 0.488 e. The maximum Gasteiger partial charge on any atom is 0.128 e. The molecule has 98 valence electrons. The van der Waals surface area contributed by atoms with Gasteiger partial charge >= 0.3 is 0 Å². The van der Waals surface area contributed by atoms with Crippen molar-refractivity contribution in [1.82, 2.24) is 0 Å². The van der Waals surface area contributed by atoms with Crippen molar-refractivity contribution in [2.75, 3.05) is 0 Å². The molecule has 0 unspecified atom stereocenters. The fourth-order valence-electron chi connectivity index (χ4n) is 1.57. The number of ether oxygens (including phenoxy) is 1. The predicted octanol–water partition coefficient (Wildman–Crippen LogP) is 4.08. The van der Waals surface area contributed by atoms with Gasteiger partial charge in [0.2, 0.25) is 0 Å². The number of nitrogens with zero attached hydrogens (tertiary/aromatic N) is 1. The summed E-state index contributed by atoms with van der Waals surface area (Å²) in [5, 5.41) is 3.54. The zero-order valence-electron chi connectivity index (χ0n) is 10.0. The average Bonchev–Trinajstić information content (AvgIpc) is 2.40. The van der Waals surface area contributed by atoms with Crippen LogP contribution in [0.4, 0.5) is 0 Å². The molecule has 0 fully saturated rings. The summed E-state index contributed by atoms with van der Waals surface area (Å²) in [5.41, 5.74) is 1.94. The Labute approximate surface area is 128 Å². The summed E-state index contributed by atoms with van der Waals surface area (Å²) in [6.45, 7) is 0.500. The van der Waals surface area contributed by atoms with Gasteiger partial charge in [0, 0.05) is 14.5 Å². The molecule has 0 amide bonds. The number of halogens is 2. The number of hydrazone groups is 1. The Hall–Kier alpha value is -1.33. The van der Waals surface area contributed by atoms with E-state index in [-0.39, 0.29) is 0 Å². The highest BCUT2D eigenvalue weighted by atomic mass is 79.9. The zero-order chi connectivity index (χ0) is 13.7. The molecule has 0 aromatic heterocycles. The van der Waals surface area contributed by atoms with E-state index < -0.39 is 0 Å². The van der Waals surface area contributed by atoms with Crippen LogP contribution in [-0.2, 0) is 6.61 Å². The van der Waals surface area contributed by atoms with E-state index in [9.17, 15) is 0 Å². The van der Waals surface area contributed by atoms with Crippen LogP contribution in [0.25, 0.3) is 0 Å². The van der Waals surface area contributed by atoms with Crippen molar-refractivity contribution < 1.29 is 4.74 Å². The standard InChI is InChI=1S/C14H12Br2N2O/c15-12-3-1-10(2-4-12)9-19-14-6-5-13(16)7-11(14)8-18-17/h1-8H,9,17H2. The highest BCUT2D eigenvalue weighted by molar-refractivity contribution is 9.10. The van der Waals surface area contributed by atoms with Crippen LogP contribution < -0.4 is 10.6 Å². The Bertz CT molecular complexity index is 582. The normalized spacial score (nSPS) is 10.8. The minimum Gasteiger partial charge on any atom is -0.488 e. The van der Waals surface area contributed by atoms with Crippen LogP contribution in [0.5, 0.6) is 5.75 Å². The molecular weight excluding hydrogens is 372 g/mol. The number of rotatable bonds is 4. The molecule has 0 aliphatic heterocycles. The highest BCUT2D eigenvalue weighted by Gasteiger charge is 2.03. The summed E-state index contributed by atoms with van der Waals surface area (Å²) in [5.74, 6) is 5.95. The van der Waals surface area contributed by atoms with E-state index in [0.717, 1.165) is 25.8 Å². The Morgan fingerprint density at radius 2 is 1.74 bits per heavy atom. The maximum absolute atomic E-state index is 5.79. The van der Waals surface area contributed by atoms with E-state index in [1.807, 2.05) is 42.5 Å². The molecule has 3 nitrogen and oxygen atoms in total. The van der Waals surface area contributed by atoms with Crippen molar-refractivity contribution in [3.8, 4) is 5.75 Å². The van der Waals surface area contributed by atoms with Gasteiger partial charge in [0.1, 0.15) is 12.4 Å². The van der Waals surface area contributed by atoms with E-state index >= 15 is 0 Å². The monoisotopic (exact) mass is 382 g/mol. The first kappa shape index (κ1) is 14.1. The summed E-state index contributed by atoms with van der Waals surface area (Å²) in [6, 6.07) is 13.7. The Morgan fingerprint density at radius 3 is 2.42 bits per heavy atom. The van der Waals surface area contributed by atoms with E-state index in [4.69, 9.17) is 10.6 Å². The lowest BCUT2D eigenvalue weighted by Crippen LogP contribution is -1.99. The molecule has 0 radical (unpaired) electrons. The van der Waals surface area contributed by atoms with Crippen molar-refractivity contribution in [2.24, 2.45) is 10.9 Å². The molecule has 0 saturated carbocycles. The summed E-state index contributed by atoms with van der Waals surface area (Å²) in [7, 11) is 0. The van der Waals surface area contributed by atoms with E-state index in [0.29, 0.717) is 6.61 Å². The Kier molecular flexibility index (Phi) is 4.99. The summed E-state index contributed by atoms with van der Waals surface area (Å²) >= 11 is 6.81. The van der Waals surface area contributed by atoms with Crippen LogP contribution >= 0.6 is 31.9 Å². The van der Waals surface area contributed by atoms with Crippen molar-refractivity contribution >= 4 is 38.1 Å². The van der Waals surface area contributed by atoms with Crippen LogP contribution in [-0.4, -0.2) is 6.21 Å². The van der Waals surface area contributed by atoms with Crippen molar-refractivity contribution in [3.05, 3.63) is 62.5 Å². The number of hydrogen-bond acceptors (Lipinski definition) is 3. The Morgan fingerprint density at radius 1 is 1.05 bits per heavy atom. The minimum absolute atomic E-state index is 0.500. The van der Waals surface area contributed by atoms with Gasteiger partial charge in [0.15, 0.2) is 0 Å². The summed E-state index contributed by atoms with van der Waals surface area (Å²) in [6.07, 6.45) is 1.57. The smallest absolute Gasteiger partial charge is 0.128 e. The second kappa shape index (κ2) is 6.73. The molecule has 2 aromatic rings. The van der Waals surface area contributed by atoms with Gasteiger partial charge in [-0.3, -0.25) is 0 Å². The van der Waals surface area contributed by atoms with Crippen LogP contribution in [0.3, 0.4) is 0 Å². The summed E-state index contributed by atoms with van der Waals surface area (Å²) in [4.78, 5) is 0. The quantitative estimate of drug-likeness (QED) is 0.491. The first-order chi connectivity index (χ1) is 9.19. The van der Waals surface area contributed by atoms with Gasteiger partial charge in [-0.15, -0.1) is 0 Å². The molecule has 19 heavy (non-hydrogen) atoms. The van der Waals surface area contributed by atoms with Crippen LogP contribution in [0.15, 0.2) is 56.5 Å². The topological polar surface area (TPSA) is 47.6 Å². The van der Waals surface area contributed by atoms with Gasteiger partial charge in [-0.2, -0.15) is 5.10 Å². The molecule has 5 heteroatoms. The highest BCUT2D eigenvalue weighted by Crippen LogP contribution is 2.23. The van der Waals surface area contributed by atoms with E-state index in [1.165, 1.54) is 0 Å². The summed E-state index contributed by atoms with van der Waals surface area (Å²) < 4.78 is 7.80. The van der Waals surface area contributed by atoms with Crippen LogP contribution in [0.1, 0.15) is 11.1 Å². The second-order valence-corrected chi connectivity index (χ2v) is 5.71. The molecule has 0 aliphatic rings.